The van der Waals surface area contributed by atoms with Crippen LogP contribution < -0.4 is 5.32 Å². The van der Waals surface area contributed by atoms with E-state index in [4.69, 9.17) is 17.0 Å². The fourth-order valence-corrected chi connectivity index (χ4v) is 4.13. The second kappa shape index (κ2) is 6.92. The van der Waals surface area contributed by atoms with E-state index in [-0.39, 0.29) is 29.9 Å². The zero-order valence-corrected chi connectivity index (χ0v) is 14.9. The van der Waals surface area contributed by atoms with Crippen LogP contribution in [0.25, 0.3) is 0 Å². The summed E-state index contributed by atoms with van der Waals surface area (Å²) in [6.45, 7) is 1.59. The van der Waals surface area contributed by atoms with Gasteiger partial charge >= 0.3 is 0 Å². The summed E-state index contributed by atoms with van der Waals surface area (Å²) in [5, 5.41) is 2.94. The quantitative estimate of drug-likeness (QED) is 0.803. The van der Waals surface area contributed by atoms with Crippen LogP contribution in [0.3, 0.4) is 0 Å². The van der Waals surface area contributed by atoms with E-state index < -0.39 is 11.6 Å². The number of ether oxygens (including phenoxy) is 1. The van der Waals surface area contributed by atoms with Crippen LogP contribution in [0.1, 0.15) is 29.3 Å². The van der Waals surface area contributed by atoms with E-state index in [0.717, 1.165) is 12.1 Å². The minimum absolute atomic E-state index is 0.0430. The number of amides is 1. The van der Waals surface area contributed by atoms with Crippen molar-refractivity contribution in [3.05, 3.63) is 51.6 Å². The number of nitrogens with one attached hydrogen (secondary N) is 2. The standard InChI is InChI=1S/C18H19F2N3O2S/c19-12-2-1-3-13(20)17(12)10-6-15-14(22-18(26)23(15)8-10)7-16(24)21-11-4-5-25-9-11/h1-3,10-11H,4-9H2,(H,21,24)(H,22,26)/t10-,11+/m0/s1. The Bertz CT molecular complexity index is 882. The zero-order valence-electron chi connectivity index (χ0n) is 14.1. The fraction of sp³-hybridized carbons (Fsp3) is 0.444. The molecular weight excluding hydrogens is 360 g/mol. The van der Waals surface area contributed by atoms with Crippen LogP contribution in [0.4, 0.5) is 8.78 Å². The summed E-state index contributed by atoms with van der Waals surface area (Å²) in [5.41, 5.74) is 1.65. The van der Waals surface area contributed by atoms with Gasteiger partial charge in [-0.15, -0.1) is 0 Å². The predicted molar refractivity (Wildman–Crippen MR) is 93.5 cm³/mol. The molecule has 2 aliphatic rings. The number of nitrogens with zero attached hydrogens (tertiary/aromatic N) is 1. The summed E-state index contributed by atoms with van der Waals surface area (Å²) < 4.78 is 35.8. The molecule has 8 heteroatoms. The minimum atomic E-state index is -0.545. The number of hydrogen-bond acceptors (Lipinski definition) is 3. The van der Waals surface area contributed by atoms with Crippen LogP contribution in [0.15, 0.2) is 18.2 Å². The highest BCUT2D eigenvalue weighted by molar-refractivity contribution is 7.71. The molecule has 0 radical (unpaired) electrons. The Labute approximate surface area is 154 Å². The van der Waals surface area contributed by atoms with Crippen LogP contribution in [0, 0.1) is 16.4 Å². The molecule has 1 aromatic heterocycles. The summed E-state index contributed by atoms with van der Waals surface area (Å²) in [6, 6.07) is 3.94. The van der Waals surface area contributed by atoms with Crippen molar-refractivity contribution in [1.29, 1.82) is 0 Å². The van der Waals surface area contributed by atoms with Gasteiger partial charge in [-0.2, -0.15) is 0 Å². The number of carbonyl (C=O) groups excluding carboxylic acids is 1. The van der Waals surface area contributed by atoms with Gasteiger partial charge in [0.25, 0.3) is 0 Å². The molecule has 0 saturated carbocycles. The van der Waals surface area contributed by atoms with Crippen molar-refractivity contribution in [1.82, 2.24) is 14.9 Å². The first-order valence-electron chi connectivity index (χ1n) is 8.64. The third kappa shape index (κ3) is 3.19. The van der Waals surface area contributed by atoms with Crippen molar-refractivity contribution in [3.8, 4) is 0 Å². The topological polar surface area (TPSA) is 59.0 Å². The van der Waals surface area contributed by atoms with Gasteiger partial charge in [-0.25, -0.2) is 8.78 Å². The van der Waals surface area contributed by atoms with Crippen LogP contribution in [-0.2, 0) is 28.9 Å². The maximum atomic E-state index is 14.1. The SMILES string of the molecule is O=C(Cc1[nH]c(=S)n2c1C[C@H](c1c(F)cccc1F)C2)N[C@@H]1CCOC1. The first-order chi connectivity index (χ1) is 12.5. The average molecular weight is 379 g/mol. The second-order valence-electron chi connectivity index (χ2n) is 6.81. The Morgan fingerprint density at radius 2 is 2.15 bits per heavy atom. The third-order valence-electron chi connectivity index (χ3n) is 5.06. The number of imidazole rings is 1. The van der Waals surface area contributed by atoms with Gasteiger partial charge in [-0.05, 0) is 37.2 Å². The molecule has 1 amide bonds. The lowest BCUT2D eigenvalue weighted by molar-refractivity contribution is -0.121. The van der Waals surface area contributed by atoms with Gasteiger partial charge in [-0.3, -0.25) is 4.79 Å². The number of carbonyl (C=O) groups is 1. The molecule has 2 aromatic rings. The summed E-state index contributed by atoms with van der Waals surface area (Å²) in [4.78, 5) is 15.4. The number of aromatic nitrogens is 2. The molecule has 0 bridgehead atoms. The Morgan fingerprint density at radius 3 is 2.85 bits per heavy atom. The molecule has 0 aliphatic carbocycles. The van der Waals surface area contributed by atoms with Crippen LogP contribution in [-0.4, -0.2) is 34.7 Å². The molecule has 1 saturated heterocycles. The highest BCUT2D eigenvalue weighted by atomic mass is 32.1. The van der Waals surface area contributed by atoms with Gasteiger partial charge in [0.1, 0.15) is 11.6 Å². The van der Waals surface area contributed by atoms with Crippen molar-refractivity contribution >= 4 is 18.1 Å². The van der Waals surface area contributed by atoms with Gasteiger partial charge in [0.2, 0.25) is 5.91 Å². The maximum absolute atomic E-state index is 14.1. The Balaban J connectivity index is 1.53. The molecular formula is C18H19F2N3O2S. The first kappa shape index (κ1) is 17.4. The van der Waals surface area contributed by atoms with Gasteiger partial charge in [0.15, 0.2) is 4.77 Å². The summed E-state index contributed by atoms with van der Waals surface area (Å²) in [6.07, 6.45) is 1.42. The lowest BCUT2D eigenvalue weighted by Crippen LogP contribution is -2.36. The number of aromatic amines is 1. The normalized spacial score (nSPS) is 21.8. The van der Waals surface area contributed by atoms with E-state index >= 15 is 0 Å². The van der Waals surface area contributed by atoms with Crippen molar-refractivity contribution in [2.75, 3.05) is 13.2 Å². The number of halogens is 2. The average Bonchev–Trinajstić information content (AvgIpc) is 3.28. The third-order valence-corrected chi connectivity index (χ3v) is 5.38. The zero-order chi connectivity index (χ0) is 18.3. The molecule has 4 rings (SSSR count). The number of H-pyrrole nitrogens is 1. The molecule has 138 valence electrons. The van der Waals surface area contributed by atoms with E-state index in [1.807, 2.05) is 4.57 Å². The lowest BCUT2D eigenvalue weighted by atomic mass is 9.95. The van der Waals surface area contributed by atoms with E-state index in [1.165, 1.54) is 18.2 Å². The molecule has 2 atom stereocenters. The highest BCUT2D eigenvalue weighted by Crippen LogP contribution is 2.34. The monoisotopic (exact) mass is 379 g/mol. The minimum Gasteiger partial charge on any atom is -0.379 e. The number of fused-ring (bicyclic) bond motifs is 1. The Kier molecular flexibility index (Phi) is 4.62. The molecule has 0 spiro atoms. The summed E-state index contributed by atoms with van der Waals surface area (Å²) in [7, 11) is 0. The molecule has 1 aromatic carbocycles. The fourth-order valence-electron chi connectivity index (χ4n) is 3.83. The van der Waals surface area contributed by atoms with Crippen LogP contribution in [0.2, 0.25) is 0 Å². The maximum Gasteiger partial charge on any atom is 0.226 e. The molecule has 26 heavy (non-hydrogen) atoms. The Hall–Kier alpha value is -2.06. The van der Waals surface area contributed by atoms with Crippen molar-refractivity contribution in [2.45, 2.75) is 37.8 Å². The lowest BCUT2D eigenvalue weighted by Gasteiger charge is -2.12. The van der Waals surface area contributed by atoms with Gasteiger partial charge in [0.05, 0.1) is 19.1 Å². The highest BCUT2D eigenvalue weighted by Gasteiger charge is 2.31. The van der Waals surface area contributed by atoms with E-state index in [0.29, 0.717) is 36.6 Å². The number of rotatable bonds is 4. The largest absolute Gasteiger partial charge is 0.379 e. The van der Waals surface area contributed by atoms with Gasteiger partial charge in [0, 0.05) is 36.0 Å². The molecule has 2 N–H and O–H groups in total. The Morgan fingerprint density at radius 1 is 1.38 bits per heavy atom. The molecule has 2 aliphatic heterocycles. The van der Waals surface area contributed by atoms with Crippen LogP contribution >= 0.6 is 12.2 Å². The first-order valence-corrected chi connectivity index (χ1v) is 9.05. The summed E-state index contributed by atoms with van der Waals surface area (Å²) >= 11 is 5.33. The van der Waals surface area contributed by atoms with Gasteiger partial charge in [-0.1, -0.05) is 6.07 Å². The van der Waals surface area contributed by atoms with E-state index in [2.05, 4.69) is 10.3 Å². The summed E-state index contributed by atoms with van der Waals surface area (Å²) in [5.74, 6) is -1.53. The molecule has 5 nitrogen and oxygen atoms in total. The number of hydrogen-bond donors (Lipinski definition) is 2. The van der Waals surface area contributed by atoms with Gasteiger partial charge < -0.3 is 19.6 Å². The van der Waals surface area contributed by atoms with E-state index in [9.17, 15) is 13.6 Å². The smallest absolute Gasteiger partial charge is 0.226 e. The molecule has 3 heterocycles. The van der Waals surface area contributed by atoms with Crippen molar-refractivity contribution in [3.63, 3.8) is 0 Å². The molecule has 1 fully saturated rings. The van der Waals surface area contributed by atoms with Crippen molar-refractivity contribution < 1.29 is 18.3 Å². The van der Waals surface area contributed by atoms with Crippen LogP contribution in [0.5, 0.6) is 0 Å². The number of benzene rings is 1. The van der Waals surface area contributed by atoms with Crippen molar-refractivity contribution in [2.24, 2.45) is 0 Å². The van der Waals surface area contributed by atoms with E-state index in [1.54, 1.807) is 0 Å². The second-order valence-corrected chi connectivity index (χ2v) is 7.19. The molecule has 0 unspecified atom stereocenters. The predicted octanol–water partition coefficient (Wildman–Crippen LogP) is 2.61.